The summed E-state index contributed by atoms with van der Waals surface area (Å²) < 4.78 is 0.836. The van der Waals surface area contributed by atoms with E-state index in [0.29, 0.717) is 15.1 Å². The summed E-state index contributed by atoms with van der Waals surface area (Å²) in [6, 6.07) is 10.8. The van der Waals surface area contributed by atoms with Crippen LogP contribution in [-0.4, -0.2) is 0 Å². The number of hydrogen-bond donors (Lipinski definition) is 2. The first-order valence-corrected chi connectivity index (χ1v) is 7.31. The average molecular weight is 380 g/mol. The van der Waals surface area contributed by atoms with Crippen LogP contribution in [0.15, 0.2) is 40.9 Å². The smallest absolute Gasteiger partial charge is 0.0711 e. The fraction of sp³-hybridized carbons (Fsp3) is 0.0769. The third-order valence-corrected chi connectivity index (χ3v) is 4.69. The summed E-state index contributed by atoms with van der Waals surface area (Å²) in [5.74, 6) is 5.63. The Hall–Kier alpha value is -0.290. The Balaban J connectivity index is 2.43. The van der Waals surface area contributed by atoms with E-state index in [2.05, 4.69) is 21.4 Å². The van der Waals surface area contributed by atoms with E-state index in [1.165, 1.54) is 0 Å². The van der Waals surface area contributed by atoms with Crippen molar-refractivity contribution in [3.8, 4) is 0 Å². The van der Waals surface area contributed by atoms with Crippen molar-refractivity contribution in [3.05, 3.63) is 67.1 Å². The molecule has 0 aliphatic carbocycles. The van der Waals surface area contributed by atoms with Crippen LogP contribution in [0.2, 0.25) is 15.1 Å². The lowest BCUT2D eigenvalue weighted by atomic mass is 9.99. The Morgan fingerprint density at radius 3 is 2.00 bits per heavy atom. The maximum atomic E-state index is 6.10. The van der Waals surface area contributed by atoms with Crippen LogP contribution >= 0.6 is 50.7 Å². The molecule has 2 aromatic rings. The van der Waals surface area contributed by atoms with Crippen molar-refractivity contribution in [1.29, 1.82) is 0 Å². The van der Waals surface area contributed by atoms with Crippen LogP contribution in [0.4, 0.5) is 0 Å². The fourth-order valence-corrected chi connectivity index (χ4v) is 2.51. The molecule has 0 heterocycles. The summed E-state index contributed by atoms with van der Waals surface area (Å²) in [5, 5.41) is 1.62. The van der Waals surface area contributed by atoms with Gasteiger partial charge in [0.25, 0.3) is 0 Å². The molecule has 0 bridgehead atoms. The van der Waals surface area contributed by atoms with Crippen LogP contribution < -0.4 is 11.3 Å². The molecule has 0 fully saturated rings. The van der Waals surface area contributed by atoms with E-state index in [0.717, 1.165) is 15.6 Å². The van der Waals surface area contributed by atoms with Gasteiger partial charge in [0.2, 0.25) is 0 Å². The minimum Gasteiger partial charge on any atom is -0.271 e. The highest BCUT2D eigenvalue weighted by atomic mass is 79.9. The van der Waals surface area contributed by atoms with E-state index in [1.807, 2.05) is 24.3 Å². The second kappa shape index (κ2) is 6.44. The van der Waals surface area contributed by atoms with Gasteiger partial charge in [0.05, 0.1) is 21.1 Å². The lowest BCUT2D eigenvalue weighted by molar-refractivity contribution is 0.637. The fourth-order valence-electron chi connectivity index (χ4n) is 1.77. The number of nitrogens with two attached hydrogens (primary N) is 1. The number of nitrogens with one attached hydrogen (secondary N) is 1. The molecule has 2 nitrogen and oxygen atoms in total. The minimum atomic E-state index is -0.208. The minimum absolute atomic E-state index is 0.208. The Kier molecular flexibility index (Phi) is 5.12. The first-order valence-electron chi connectivity index (χ1n) is 5.39. The van der Waals surface area contributed by atoms with E-state index in [9.17, 15) is 0 Å². The molecule has 0 amide bonds. The molecule has 6 heteroatoms. The van der Waals surface area contributed by atoms with E-state index >= 15 is 0 Å². The van der Waals surface area contributed by atoms with Gasteiger partial charge in [0, 0.05) is 4.47 Å². The Bertz CT molecular complexity index is 553. The largest absolute Gasteiger partial charge is 0.271 e. The normalized spacial score (nSPS) is 12.5. The van der Waals surface area contributed by atoms with Gasteiger partial charge in [-0.1, -0.05) is 46.9 Å². The third kappa shape index (κ3) is 3.43. The van der Waals surface area contributed by atoms with Gasteiger partial charge in [-0.05, 0) is 51.3 Å². The number of rotatable bonds is 3. The highest BCUT2D eigenvalue weighted by Gasteiger charge is 2.14. The van der Waals surface area contributed by atoms with Crippen LogP contribution in [0.25, 0.3) is 0 Å². The molecule has 0 aliphatic rings. The van der Waals surface area contributed by atoms with Gasteiger partial charge in [0.1, 0.15) is 0 Å². The van der Waals surface area contributed by atoms with Gasteiger partial charge in [-0.15, -0.1) is 0 Å². The van der Waals surface area contributed by atoms with Gasteiger partial charge >= 0.3 is 0 Å². The van der Waals surface area contributed by atoms with Crippen molar-refractivity contribution < 1.29 is 0 Å². The monoisotopic (exact) mass is 378 g/mol. The Labute approximate surface area is 134 Å². The summed E-state index contributed by atoms with van der Waals surface area (Å²) in [6.45, 7) is 0. The number of hydrogen-bond acceptors (Lipinski definition) is 2. The Morgan fingerprint density at radius 2 is 1.47 bits per heavy atom. The molecule has 2 rings (SSSR count). The number of benzene rings is 2. The molecule has 0 spiro atoms. The van der Waals surface area contributed by atoms with Gasteiger partial charge in [0.15, 0.2) is 0 Å². The van der Waals surface area contributed by atoms with E-state index in [-0.39, 0.29) is 6.04 Å². The maximum absolute atomic E-state index is 6.10. The topological polar surface area (TPSA) is 38.0 Å². The molecule has 0 radical (unpaired) electrons. The van der Waals surface area contributed by atoms with Crippen molar-refractivity contribution in [2.24, 2.45) is 5.84 Å². The molecule has 0 aliphatic heterocycles. The molecule has 1 unspecified atom stereocenters. The highest BCUT2D eigenvalue weighted by molar-refractivity contribution is 9.10. The zero-order chi connectivity index (χ0) is 14.0. The lowest BCUT2D eigenvalue weighted by Crippen LogP contribution is -2.28. The molecule has 3 N–H and O–H groups in total. The molecule has 2 aromatic carbocycles. The SMILES string of the molecule is NNC(c1ccc(Cl)c(Cl)c1)c1ccc(Br)c(Cl)c1. The quantitative estimate of drug-likeness (QED) is 0.583. The van der Waals surface area contributed by atoms with Gasteiger partial charge in [-0.2, -0.15) is 0 Å². The first-order chi connectivity index (χ1) is 9.02. The predicted molar refractivity (Wildman–Crippen MR) is 84.8 cm³/mol. The van der Waals surface area contributed by atoms with Gasteiger partial charge < -0.3 is 0 Å². The first kappa shape index (κ1) is 15.1. The van der Waals surface area contributed by atoms with Gasteiger partial charge in [-0.3, -0.25) is 5.84 Å². The second-order valence-electron chi connectivity index (χ2n) is 3.95. The zero-order valence-electron chi connectivity index (χ0n) is 9.63. The molecule has 100 valence electrons. The number of hydrazine groups is 1. The van der Waals surface area contributed by atoms with Gasteiger partial charge in [-0.25, -0.2) is 5.43 Å². The lowest BCUT2D eigenvalue weighted by Gasteiger charge is -2.18. The molecule has 19 heavy (non-hydrogen) atoms. The van der Waals surface area contributed by atoms with Crippen molar-refractivity contribution in [2.45, 2.75) is 6.04 Å². The Morgan fingerprint density at radius 1 is 0.895 bits per heavy atom. The summed E-state index contributed by atoms with van der Waals surface area (Å²) >= 11 is 21.4. The molecular weight excluding hydrogens is 370 g/mol. The predicted octanol–water partition coefficient (Wildman–Crippen LogP) is 4.96. The zero-order valence-corrected chi connectivity index (χ0v) is 13.5. The van der Waals surface area contributed by atoms with Crippen LogP contribution in [0.5, 0.6) is 0 Å². The van der Waals surface area contributed by atoms with Crippen LogP contribution in [0.3, 0.4) is 0 Å². The molecular formula is C13H10BrCl3N2. The van der Waals surface area contributed by atoms with E-state index < -0.39 is 0 Å². The summed E-state index contributed by atoms with van der Waals surface area (Å²) in [6.07, 6.45) is 0. The summed E-state index contributed by atoms with van der Waals surface area (Å²) in [4.78, 5) is 0. The average Bonchev–Trinajstić information content (AvgIpc) is 2.39. The van der Waals surface area contributed by atoms with Crippen LogP contribution in [0.1, 0.15) is 17.2 Å². The van der Waals surface area contributed by atoms with Crippen LogP contribution in [0, 0.1) is 0 Å². The highest BCUT2D eigenvalue weighted by Crippen LogP contribution is 2.31. The number of halogens is 4. The van der Waals surface area contributed by atoms with Crippen molar-refractivity contribution in [2.75, 3.05) is 0 Å². The standard InChI is InChI=1S/C13H10BrCl3N2/c14-9-3-1-7(5-11(9)16)13(19-18)8-2-4-10(15)12(17)6-8/h1-6,13,19H,18H2. The molecule has 0 aromatic heterocycles. The maximum Gasteiger partial charge on any atom is 0.0711 e. The summed E-state index contributed by atoms with van der Waals surface area (Å²) in [7, 11) is 0. The van der Waals surface area contributed by atoms with Crippen molar-refractivity contribution >= 4 is 50.7 Å². The molecule has 0 saturated carbocycles. The van der Waals surface area contributed by atoms with E-state index in [1.54, 1.807) is 12.1 Å². The third-order valence-electron chi connectivity index (χ3n) is 2.72. The van der Waals surface area contributed by atoms with E-state index in [4.69, 9.17) is 40.6 Å². The van der Waals surface area contributed by atoms with Crippen molar-refractivity contribution in [3.63, 3.8) is 0 Å². The summed E-state index contributed by atoms with van der Waals surface area (Å²) in [5.41, 5.74) is 4.60. The van der Waals surface area contributed by atoms with Crippen LogP contribution in [-0.2, 0) is 0 Å². The second-order valence-corrected chi connectivity index (χ2v) is 6.02. The van der Waals surface area contributed by atoms with Crippen molar-refractivity contribution in [1.82, 2.24) is 5.43 Å². The molecule has 0 saturated heterocycles. The molecule has 1 atom stereocenters.